The first-order valence-corrected chi connectivity index (χ1v) is 9.82. The van der Waals surface area contributed by atoms with Gasteiger partial charge in [0.15, 0.2) is 0 Å². The summed E-state index contributed by atoms with van der Waals surface area (Å²) >= 11 is 0. The molecule has 0 aliphatic carbocycles. The summed E-state index contributed by atoms with van der Waals surface area (Å²) in [7, 11) is 1.57. The molecule has 160 valence electrons. The van der Waals surface area contributed by atoms with Gasteiger partial charge in [0.1, 0.15) is 18.6 Å². The number of carboxylic acids is 2. The molecule has 0 bridgehead atoms. The van der Waals surface area contributed by atoms with E-state index in [1.807, 2.05) is 66.7 Å². The van der Waals surface area contributed by atoms with E-state index in [0.29, 0.717) is 0 Å². The van der Waals surface area contributed by atoms with Crippen molar-refractivity contribution >= 4 is 30.0 Å². The molecule has 1 saturated heterocycles. The molecule has 1 unspecified atom stereocenters. The number of likely N-dealkylation sites (tertiary alicyclic amines) is 1. The quantitative estimate of drug-likeness (QED) is 0.605. The summed E-state index contributed by atoms with van der Waals surface area (Å²) in [5.41, 5.74) is 1.74. The third-order valence-corrected chi connectivity index (χ3v) is 5.21. The van der Waals surface area contributed by atoms with Gasteiger partial charge in [-0.2, -0.15) is 0 Å². The molecule has 1 aliphatic heterocycles. The molecule has 1 heterocycles. The van der Waals surface area contributed by atoms with Crippen molar-refractivity contribution < 1.29 is 24.6 Å². The fraction of sp³-hybridized carbons (Fsp3) is 0.208. The minimum absolute atomic E-state index is 0.410. The molecule has 7 heteroatoms. The Morgan fingerprint density at radius 2 is 1.55 bits per heavy atom. The molecule has 3 rings (SSSR count). The van der Waals surface area contributed by atoms with Crippen LogP contribution in [0, 0.1) is 0 Å². The second-order valence-corrected chi connectivity index (χ2v) is 7.28. The number of β-lactam (4-membered cyclic amide) rings is 1. The molecule has 1 amide bonds. The predicted molar refractivity (Wildman–Crippen MR) is 117 cm³/mol. The first-order valence-electron chi connectivity index (χ1n) is 9.82. The smallest absolute Gasteiger partial charge is 0.324 e. The number of nitrogens with zero attached hydrogens (tertiary/aromatic N) is 2. The van der Waals surface area contributed by atoms with Crippen molar-refractivity contribution in [2.24, 2.45) is 0 Å². The Bertz CT molecular complexity index is 988. The van der Waals surface area contributed by atoms with Crippen LogP contribution in [-0.4, -0.2) is 69.6 Å². The van der Waals surface area contributed by atoms with E-state index < -0.39 is 42.5 Å². The molecule has 31 heavy (non-hydrogen) atoms. The average Bonchev–Trinajstić information content (AvgIpc) is 2.76. The normalized spacial score (nSPS) is 19.7. The number of benzene rings is 2. The lowest BCUT2D eigenvalue weighted by atomic mass is 9.91. The Morgan fingerprint density at radius 1 is 1.00 bits per heavy atom. The van der Waals surface area contributed by atoms with Gasteiger partial charge in [-0.05, 0) is 18.2 Å². The summed E-state index contributed by atoms with van der Waals surface area (Å²) in [5, 5.41) is 18.9. The standard InChI is InChI=1S/C24H24N2O5/c1-25(20(24(30)31)15-13-18-10-6-3-7-11-18)22-19(26(23(22)29)16-21(27)28)14-12-17-8-4-2-5-9-17/h2-15,19-20,22H,16H2,1H3,(H,27,28)(H,30,31)/b14-12+,15-13+/t19-,20?,22+/m1/s1. The van der Waals surface area contributed by atoms with Gasteiger partial charge in [-0.3, -0.25) is 19.3 Å². The third kappa shape index (κ3) is 5.26. The van der Waals surface area contributed by atoms with Crippen LogP contribution in [0.4, 0.5) is 0 Å². The van der Waals surface area contributed by atoms with Crippen LogP contribution >= 0.6 is 0 Å². The van der Waals surface area contributed by atoms with E-state index in [1.54, 1.807) is 19.2 Å². The summed E-state index contributed by atoms with van der Waals surface area (Å²) < 4.78 is 0. The summed E-state index contributed by atoms with van der Waals surface area (Å²) in [6.45, 7) is -0.440. The van der Waals surface area contributed by atoms with Gasteiger partial charge in [-0.15, -0.1) is 0 Å². The van der Waals surface area contributed by atoms with E-state index in [9.17, 15) is 19.5 Å². The first-order chi connectivity index (χ1) is 14.9. The largest absolute Gasteiger partial charge is 0.480 e. The van der Waals surface area contributed by atoms with Crippen molar-refractivity contribution in [2.75, 3.05) is 13.6 Å². The number of carbonyl (C=O) groups is 3. The lowest BCUT2D eigenvalue weighted by molar-refractivity contribution is -0.164. The van der Waals surface area contributed by atoms with E-state index in [1.165, 1.54) is 15.9 Å². The van der Waals surface area contributed by atoms with Crippen LogP contribution in [0.25, 0.3) is 12.2 Å². The monoisotopic (exact) mass is 420 g/mol. The highest BCUT2D eigenvalue weighted by molar-refractivity contribution is 5.94. The van der Waals surface area contributed by atoms with Gasteiger partial charge in [0.05, 0.1) is 6.04 Å². The SMILES string of the molecule is CN(C(/C=C/c1ccccc1)C(=O)O)[C@@H]1C(=O)N(CC(=O)O)[C@@H]1/C=C/c1ccccc1. The fourth-order valence-electron chi connectivity index (χ4n) is 3.61. The van der Waals surface area contributed by atoms with Gasteiger partial charge < -0.3 is 15.1 Å². The van der Waals surface area contributed by atoms with Gasteiger partial charge in [0, 0.05) is 0 Å². The maximum atomic E-state index is 12.7. The Labute approximate surface area is 180 Å². The molecule has 0 radical (unpaired) electrons. The number of hydrogen-bond acceptors (Lipinski definition) is 4. The minimum atomic E-state index is -1.12. The zero-order chi connectivity index (χ0) is 22.4. The summed E-state index contributed by atoms with van der Waals surface area (Å²) in [6.07, 6.45) is 6.79. The molecule has 1 fully saturated rings. The Balaban J connectivity index is 1.84. The molecule has 2 aromatic carbocycles. The number of aliphatic carboxylic acids is 2. The Morgan fingerprint density at radius 3 is 2.06 bits per heavy atom. The highest BCUT2D eigenvalue weighted by atomic mass is 16.4. The molecule has 1 aliphatic rings. The second kappa shape index (κ2) is 9.86. The number of rotatable bonds is 9. The molecule has 3 atom stereocenters. The van der Waals surface area contributed by atoms with Gasteiger partial charge in [0.2, 0.25) is 5.91 Å². The summed E-state index contributed by atoms with van der Waals surface area (Å²) in [5.74, 6) is -2.62. The number of amides is 1. The van der Waals surface area contributed by atoms with Crippen LogP contribution in [0.15, 0.2) is 72.8 Å². The molecule has 7 nitrogen and oxygen atoms in total. The molecule has 0 aromatic heterocycles. The summed E-state index contributed by atoms with van der Waals surface area (Å²) in [4.78, 5) is 38.6. The summed E-state index contributed by atoms with van der Waals surface area (Å²) in [6, 6.07) is 16.3. The topological polar surface area (TPSA) is 98.2 Å². The fourth-order valence-corrected chi connectivity index (χ4v) is 3.61. The molecular weight excluding hydrogens is 396 g/mol. The van der Waals surface area contributed by atoms with Crippen LogP contribution in [0.3, 0.4) is 0 Å². The van der Waals surface area contributed by atoms with Gasteiger partial charge in [-0.25, -0.2) is 0 Å². The van der Waals surface area contributed by atoms with Crippen molar-refractivity contribution in [2.45, 2.75) is 18.1 Å². The van der Waals surface area contributed by atoms with Crippen molar-refractivity contribution in [3.05, 3.63) is 83.9 Å². The van der Waals surface area contributed by atoms with Crippen LogP contribution in [0.2, 0.25) is 0 Å². The van der Waals surface area contributed by atoms with E-state index in [0.717, 1.165) is 11.1 Å². The van der Waals surface area contributed by atoms with E-state index in [4.69, 9.17) is 5.11 Å². The highest BCUT2D eigenvalue weighted by Gasteiger charge is 2.50. The van der Waals surface area contributed by atoms with E-state index in [-0.39, 0.29) is 0 Å². The number of carbonyl (C=O) groups excluding carboxylic acids is 1. The van der Waals surface area contributed by atoms with E-state index in [2.05, 4.69) is 0 Å². The lowest BCUT2D eigenvalue weighted by Crippen LogP contribution is -2.71. The minimum Gasteiger partial charge on any atom is -0.480 e. The lowest BCUT2D eigenvalue weighted by Gasteiger charge is -2.49. The second-order valence-electron chi connectivity index (χ2n) is 7.28. The maximum Gasteiger partial charge on any atom is 0.324 e. The van der Waals surface area contributed by atoms with Crippen LogP contribution in [-0.2, 0) is 14.4 Å². The van der Waals surface area contributed by atoms with Crippen LogP contribution in [0.5, 0.6) is 0 Å². The zero-order valence-electron chi connectivity index (χ0n) is 17.0. The van der Waals surface area contributed by atoms with Crippen LogP contribution in [0.1, 0.15) is 11.1 Å². The Hall–Kier alpha value is -3.71. The predicted octanol–water partition coefficient (Wildman–Crippen LogP) is 2.46. The van der Waals surface area contributed by atoms with Crippen LogP contribution < -0.4 is 0 Å². The van der Waals surface area contributed by atoms with Gasteiger partial charge >= 0.3 is 11.9 Å². The third-order valence-electron chi connectivity index (χ3n) is 5.21. The number of carboxylic acid groups (broad SMARTS) is 2. The zero-order valence-corrected chi connectivity index (χ0v) is 17.0. The highest BCUT2D eigenvalue weighted by Crippen LogP contribution is 2.28. The van der Waals surface area contributed by atoms with Gasteiger partial charge in [-0.1, -0.05) is 85.0 Å². The molecular formula is C24H24N2O5. The van der Waals surface area contributed by atoms with Crippen molar-refractivity contribution in [1.29, 1.82) is 0 Å². The molecule has 0 spiro atoms. The van der Waals surface area contributed by atoms with Crippen molar-refractivity contribution in [3.63, 3.8) is 0 Å². The van der Waals surface area contributed by atoms with Gasteiger partial charge in [0.25, 0.3) is 0 Å². The maximum absolute atomic E-state index is 12.7. The Kier molecular flexibility index (Phi) is 6.99. The number of hydrogen-bond donors (Lipinski definition) is 2. The molecule has 0 saturated carbocycles. The molecule has 2 N–H and O–H groups in total. The molecule has 2 aromatic rings. The van der Waals surface area contributed by atoms with Crippen molar-refractivity contribution in [3.8, 4) is 0 Å². The average molecular weight is 420 g/mol. The number of likely N-dealkylation sites (N-methyl/N-ethyl adjacent to an activating group) is 1. The van der Waals surface area contributed by atoms with E-state index >= 15 is 0 Å². The first kappa shape index (κ1) is 22.0. The van der Waals surface area contributed by atoms with Crippen molar-refractivity contribution in [1.82, 2.24) is 9.80 Å².